The second kappa shape index (κ2) is 7.72. The molecule has 4 N–H and O–H groups in total. The largest absolute Gasteiger partial charge is 0.402 e. The van der Waals surface area contributed by atoms with Crippen molar-refractivity contribution in [1.29, 1.82) is 5.41 Å². The van der Waals surface area contributed by atoms with Gasteiger partial charge in [0.2, 0.25) is 0 Å². The summed E-state index contributed by atoms with van der Waals surface area (Å²) in [5.41, 5.74) is 9.47. The van der Waals surface area contributed by atoms with Gasteiger partial charge in [0.1, 0.15) is 6.17 Å². The van der Waals surface area contributed by atoms with E-state index in [4.69, 9.17) is 15.9 Å². The highest BCUT2D eigenvalue weighted by Gasteiger charge is 2.27. The van der Waals surface area contributed by atoms with Gasteiger partial charge in [-0.3, -0.25) is 4.90 Å². The molecule has 7 heteroatoms. The van der Waals surface area contributed by atoms with Crippen molar-refractivity contribution in [1.82, 2.24) is 15.1 Å². The zero-order chi connectivity index (χ0) is 18.8. The maximum absolute atomic E-state index is 7.66. The Kier molecular flexibility index (Phi) is 5.15. The van der Waals surface area contributed by atoms with Crippen molar-refractivity contribution in [2.75, 3.05) is 26.3 Å². The molecule has 4 rings (SSSR count). The molecule has 0 spiro atoms. The molecular formula is C20H25N5OS. The lowest BCUT2D eigenvalue weighted by Crippen LogP contribution is -2.35. The molecule has 142 valence electrons. The summed E-state index contributed by atoms with van der Waals surface area (Å²) in [4.78, 5) is 7.26. The lowest BCUT2D eigenvalue weighted by Gasteiger charge is -2.28. The highest BCUT2D eigenvalue weighted by molar-refractivity contribution is 7.13. The summed E-state index contributed by atoms with van der Waals surface area (Å²) in [6, 6.07) is 4.42. The van der Waals surface area contributed by atoms with Crippen molar-refractivity contribution < 1.29 is 4.74 Å². The normalized spacial score (nSPS) is 23.3. The predicted molar refractivity (Wildman–Crippen MR) is 110 cm³/mol. The van der Waals surface area contributed by atoms with Crippen molar-refractivity contribution in [2.45, 2.75) is 19.6 Å². The Morgan fingerprint density at radius 1 is 1.41 bits per heavy atom. The van der Waals surface area contributed by atoms with E-state index in [1.807, 2.05) is 24.3 Å². The van der Waals surface area contributed by atoms with Crippen LogP contribution in [0.1, 0.15) is 16.7 Å². The van der Waals surface area contributed by atoms with Crippen molar-refractivity contribution in [3.8, 4) is 0 Å². The summed E-state index contributed by atoms with van der Waals surface area (Å²) >= 11 is 1.83. The maximum Gasteiger partial charge on any atom is 0.122 e. The van der Waals surface area contributed by atoms with E-state index in [-0.39, 0.29) is 6.17 Å². The number of hydrogen-bond acceptors (Lipinski definition) is 7. The van der Waals surface area contributed by atoms with Gasteiger partial charge >= 0.3 is 0 Å². The molecule has 0 radical (unpaired) electrons. The number of morpholine rings is 1. The van der Waals surface area contributed by atoms with Crippen LogP contribution in [-0.2, 0) is 11.3 Å². The lowest BCUT2D eigenvalue weighted by molar-refractivity contribution is 0.0346. The number of rotatable bonds is 5. The fourth-order valence-electron chi connectivity index (χ4n) is 3.52. The minimum atomic E-state index is 0.110. The summed E-state index contributed by atoms with van der Waals surface area (Å²) in [7, 11) is 0. The monoisotopic (exact) mass is 383 g/mol. The van der Waals surface area contributed by atoms with E-state index in [2.05, 4.69) is 45.7 Å². The van der Waals surface area contributed by atoms with Gasteiger partial charge in [-0.05, 0) is 25.1 Å². The molecule has 3 aliphatic rings. The molecule has 4 heterocycles. The molecule has 3 aliphatic heterocycles. The molecule has 0 aliphatic carbocycles. The fraction of sp³-hybridized carbons (Fsp3) is 0.350. The van der Waals surface area contributed by atoms with Crippen molar-refractivity contribution in [3.63, 3.8) is 0 Å². The van der Waals surface area contributed by atoms with E-state index in [1.165, 1.54) is 16.0 Å². The maximum atomic E-state index is 7.66. The second-order valence-corrected chi connectivity index (χ2v) is 8.06. The third-order valence-electron chi connectivity index (χ3n) is 4.98. The third kappa shape index (κ3) is 3.71. The van der Waals surface area contributed by atoms with Gasteiger partial charge in [-0.15, -0.1) is 11.3 Å². The number of hydrogen-bond donors (Lipinski definition) is 3. The van der Waals surface area contributed by atoms with Gasteiger partial charge in [0.15, 0.2) is 0 Å². The van der Waals surface area contributed by atoms with Gasteiger partial charge in [0.25, 0.3) is 0 Å². The van der Waals surface area contributed by atoms with Crippen LogP contribution in [0.3, 0.4) is 0 Å². The Hall–Kier alpha value is -2.35. The van der Waals surface area contributed by atoms with E-state index < -0.39 is 0 Å². The van der Waals surface area contributed by atoms with Crippen LogP contribution in [0.2, 0.25) is 0 Å². The Morgan fingerprint density at radius 3 is 2.96 bits per heavy atom. The smallest absolute Gasteiger partial charge is 0.122 e. The number of nitrogens with two attached hydrogens (primary N) is 1. The first-order valence-electron chi connectivity index (χ1n) is 9.16. The topological polar surface area (TPSA) is 77.6 Å². The molecule has 1 saturated heterocycles. The Bertz CT molecular complexity index is 840. The predicted octanol–water partition coefficient (Wildman–Crippen LogP) is 2.45. The molecule has 6 nitrogen and oxygen atoms in total. The fourth-order valence-corrected chi connectivity index (χ4v) is 4.59. The highest BCUT2D eigenvalue weighted by atomic mass is 32.1. The highest BCUT2D eigenvalue weighted by Crippen LogP contribution is 2.34. The minimum absolute atomic E-state index is 0.110. The summed E-state index contributed by atoms with van der Waals surface area (Å²) in [5.74, 6) is 0. The summed E-state index contributed by atoms with van der Waals surface area (Å²) < 4.78 is 5.43. The second-order valence-electron chi connectivity index (χ2n) is 6.89. The SMILES string of the molecule is CC(N)=C(C=N)C1=CN2C(c3ccc(CN4CCOCC4)s3)=CNC2C=C1. The Labute approximate surface area is 163 Å². The van der Waals surface area contributed by atoms with Crippen LogP contribution in [0.25, 0.3) is 5.70 Å². The van der Waals surface area contributed by atoms with Crippen LogP contribution in [0.4, 0.5) is 0 Å². The molecule has 1 unspecified atom stereocenters. The van der Waals surface area contributed by atoms with Gasteiger partial charge in [-0.1, -0.05) is 6.08 Å². The van der Waals surface area contributed by atoms with Crippen LogP contribution in [0.5, 0.6) is 0 Å². The summed E-state index contributed by atoms with van der Waals surface area (Å²) in [6.45, 7) is 6.46. The van der Waals surface area contributed by atoms with Crippen LogP contribution in [0.15, 0.2) is 53.5 Å². The third-order valence-corrected chi connectivity index (χ3v) is 6.07. The molecular weight excluding hydrogens is 358 g/mol. The van der Waals surface area contributed by atoms with Crippen molar-refractivity contribution >= 4 is 23.2 Å². The molecule has 1 aromatic rings. The molecule has 27 heavy (non-hydrogen) atoms. The van der Waals surface area contributed by atoms with E-state index in [0.717, 1.165) is 49.7 Å². The van der Waals surface area contributed by atoms with E-state index in [9.17, 15) is 0 Å². The van der Waals surface area contributed by atoms with E-state index in [0.29, 0.717) is 5.70 Å². The number of allylic oxidation sites excluding steroid dienone is 4. The molecule has 1 fully saturated rings. The van der Waals surface area contributed by atoms with Crippen LogP contribution in [0, 0.1) is 5.41 Å². The first-order chi connectivity index (χ1) is 13.2. The van der Waals surface area contributed by atoms with Gasteiger partial charge in [-0.2, -0.15) is 0 Å². The summed E-state index contributed by atoms with van der Waals surface area (Å²) in [5, 5.41) is 11.1. The van der Waals surface area contributed by atoms with Crippen molar-refractivity contribution in [3.05, 3.63) is 63.3 Å². The van der Waals surface area contributed by atoms with Crippen LogP contribution < -0.4 is 11.1 Å². The lowest BCUT2D eigenvalue weighted by atomic mass is 10.0. The number of nitrogens with zero attached hydrogens (tertiary/aromatic N) is 2. The standard InChI is InChI=1S/C20H25N5OS/c1-14(22)17(10-21)15-2-5-20-23-11-18(25(20)12-15)19-4-3-16(27-19)13-24-6-8-26-9-7-24/h2-5,10-12,20-21,23H,6-9,13,22H2,1H3. The molecule has 0 amide bonds. The Balaban J connectivity index is 1.53. The summed E-state index contributed by atoms with van der Waals surface area (Å²) in [6.07, 6.45) is 9.72. The van der Waals surface area contributed by atoms with Gasteiger partial charge in [0.05, 0.1) is 23.8 Å². The first-order valence-corrected chi connectivity index (χ1v) is 9.98. The number of nitrogens with one attached hydrogen (secondary N) is 2. The number of fused-ring (bicyclic) bond motifs is 1. The van der Waals surface area contributed by atoms with Gasteiger partial charge in [-0.25, -0.2) is 0 Å². The zero-order valence-corrected chi connectivity index (χ0v) is 16.3. The van der Waals surface area contributed by atoms with Gasteiger partial charge in [0, 0.05) is 60.0 Å². The molecule has 0 aromatic carbocycles. The van der Waals surface area contributed by atoms with Gasteiger partial charge < -0.3 is 26.1 Å². The average molecular weight is 384 g/mol. The molecule has 1 aromatic heterocycles. The molecule has 0 bridgehead atoms. The average Bonchev–Trinajstić information content (AvgIpc) is 3.29. The minimum Gasteiger partial charge on any atom is -0.402 e. The van der Waals surface area contributed by atoms with Crippen LogP contribution in [-0.4, -0.2) is 48.5 Å². The first kappa shape index (κ1) is 18.0. The van der Waals surface area contributed by atoms with E-state index in [1.54, 1.807) is 0 Å². The molecule has 1 atom stereocenters. The Morgan fingerprint density at radius 2 is 2.22 bits per heavy atom. The number of ether oxygens (including phenoxy) is 1. The van der Waals surface area contributed by atoms with Crippen LogP contribution >= 0.6 is 11.3 Å². The number of thiophene rings is 1. The molecule has 0 saturated carbocycles. The quantitative estimate of drug-likeness (QED) is 0.681. The zero-order valence-electron chi connectivity index (χ0n) is 15.4. The van der Waals surface area contributed by atoms with Crippen molar-refractivity contribution in [2.24, 2.45) is 5.73 Å². The van der Waals surface area contributed by atoms with E-state index >= 15 is 0 Å².